The number of hydrogen-bond acceptors (Lipinski definition) is 6. The maximum atomic E-state index is 6.18. The molecule has 1 aliphatic carbocycles. The molecule has 6 heteroatoms. The molecule has 0 amide bonds. The number of likely N-dealkylation sites (tertiary alicyclic amines) is 1. The van der Waals surface area contributed by atoms with Crippen molar-refractivity contribution >= 4 is 16.6 Å². The molecule has 2 aromatic rings. The third-order valence-corrected chi connectivity index (χ3v) is 7.40. The van der Waals surface area contributed by atoms with Gasteiger partial charge in [-0.3, -0.25) is 4.98 Å². The van der Waals surface area contributed by atoms with Gasteiger partial charge in [-0.1, -0.05) is 20.8 Å². The summed E-state index contributed by atoms with van der Waals surface area (Å²) in [6.07, 6.45) is 4.67. The summed E-state index contributed by atoms with van der Waals surface area (Å²) in [6.45, 7) is 12.6. The van der Waals surface area contributed by atoms with E-state index in [1.807, 2.05) is 0 Å². The molecule has 4 rings (SSSR count). The van der Waals surface area contributed by atoms with E-state index in [4.69, 9.17) is 19.2 Å². The average Bonchev–Trinajstić information content (AvgIpc) is 3.36. The minimum absolute atomic E-state index is 0.0594. The number of fused-ring (bicyclic) bond motifs is 2. The van der Waals surface area contributed by atoms with E-state index in [1.54, 1.807) is 14.2 Å². The molecule has 6 nitrogen and oxygen atoms in total. The molecular weight excluding hydrogens is 402 g/mol. The second kappa shape index (κ2) is 9.84. The SMILES string of the molecule is COCCNc1c2c(nc3cc(OCCCN4CCCC4)c(OC)cc13)CC(C)C2(C)C. The number of methoxy groups -OCH3 is 2. The maximum Gasteiger partial charge on any atom is 0.163 e. The zero-order chi connectivity index (χ0) is 22.7. The molecule has 1 N–H and O–H groups in total. The monoisotopic (exact) mass is 441 g/mol. The van der Waals surface area contributed by atoms with Crippen molar-refractivity contribution in [2.45, 2.75) is 51.9 Å². The van der Waals surface area contributed by atoms with Crippen LogP contribution in [0.4, 0.5) is 5.69 Å². The fourth-order valence-corrected chi connectivity index (χ4v) is 5.17. The van der Waals surface area contributed by atoms with Crippen molar-refractivity contribution < 1.29 is 14.2 Å². The molecule has 1 aliphatic heterocycles. The Morgan fingerprint density at radius 3 is 2.62 bits per heavy atom. The third kappa shape index (κ3) is 4.53. The van der Waals surface area contributed by atoms with Gasteiger partial charge in [0, 0.05) is 48.6 Å². The molecule has 1 unspecified atom stereocenters. The van der Waals surface area contributed by atoms with E-state index < -0.39 is 0 Å². The molecule has 0 spiro atoms. The Morgan fingerprint density at radius 1 is 1.12 bits per heavy atom. The highest BCUT2D eigenvalue weighted by molar-refractivity contribution is 5.96. The number of hydrogen-bond donors (Lipinski definition) is 1. The minimum atomic E-state index is 0.0594. The Hall–Kier alpha value is -2.05. The predicted octanol–water partition coefficient (Wildman–Crippen LogP) is 4.64. The smallest absolute Gasteiger partial charge is 0.163 e. The van der Waals surface area contributed by atoms with Crippen LogP contribution in [0.2, 0.25) is 0 Å². The molecule has 1 fully saturated rings. The summed E-state index contributed by atoms with van der Waals surface area (Å²) >= 11 is 0. The minimum Gasteiger partial charge on any atom is -0.493 e. The first-order valence-corrected chi connectivity index (χ1v) is 12.1. The van der Waals surface area contributed by atoms with Gasteiger partial charge in [-0.05, 0) is 56.2 Å². The Kier molecular flexibility index (Phi) is 7.11. The van der Waals surface area contributed by atoms with Crippen molar-refractivity contribution in [1.29, 1.82) is 0 Å². The van der Waals surface area contributed by atoms with E-state index in [9.17, 15) is 0 Å². The van der Waals surface area contributed by atoms with Crippen molar-refractivity contribution in [2.75, 3.05) is 58.9 Å². The number of anilines is 1. The lowest BCUT2D eigenvalue weighted by atomic mass is 9.78. The summed E-state index contributed by atoms with van der Waals surface area (Å²) in [5.41, 5.74) is 4.71. The normalized spacial score (nSPS) is 20.0. The van der Waals surface area contributed by atoms with Crippen LogP contribution in [0.3, 0.4) is 0 Å². The van der Waals surface area contributed by atoms with Gasteiger partial charge in [0.1, 0.15) is 0 Å². The summed E-state index contributed by atoms with van der Waals surface area (Å²) in [5.74, 6) is 2.08. The summed E-state index contributed by atoms with van der Waals surface area (Å²) in [4.78, 5) is 7.62. The van der Waals surface area contributed by atoms with Crippen molar-refractivity contribution in [3.8, 4) is 11.5 Å². The second-order valence-electron chi connectivity index (χ2n) is 9.83. The largest absolute Gasteiger partial charge is 0.493 e. The quantitative estimate of drug-likeness (QED) is 0.542. The molecule has 0 radical (unpaired) electrons. The van der Waals surface area contributed by atoms with E-state index >= 15 is 0 Å². The highest BCUT2D eigenvalue weighted by Gasteiger charge is 2.40. The molecular formula is C26H39N3O3. The first-order chi connectivity index (χ1) is 15.5. The fraction of sp³-hybridized carbons (Fsp3) is 0.654. The predicted molar refractivity (Wildman–Crippen MR) is 130 cm³/mol. The summed E-state index contributed by atoms with van der Waals surface area (Å²) in [7, 11) is 3.45. The van der Waals surface area contributed by atoms with Crippen molar-refractivity contribution in [2.24, 2.45) is 5.92 Å². The molecule has 1 saturated heterocycles. The van der Waals surface area contributed by atoms with Gasteiger partial charge in [-0.2, -0.15) is 0 Å². The Balaban J connectivity index is 1.64. The van der Waals surface area contributed by atoms with Crippen LogP contribution in [0.25, 0.3) is 10.9 Å². The Bertz CT molecular complexity index is 938. The lowest BCUT2D eigenvalue weighted by Crippen LogP contribution is -2.23. The summed E-state index contributed by atoms with van der Waals surface area (Å²) in [6, 6.07) is 4.15. The summed E-state index contributed by atoms with van der Waals surface area (Å²) < 4.78 is 17.2. The zero-order valence-corrected chi connectivity index (χ0v) is 20.4. The van der Waals surface area contributed by atoms with Crippen LogP contribution in [0.5, 0.6) is 11.5 Å². The molecule has 1 aromatic carbocycles. The first-order valence-electron chi connectivity index (χ1n) is 12.1. The average molecular weight is 442 g/mol. The molecule has 2 aliphatic rings. The van der Waals surface area contributed by atoms with E-state index in [0.29, 0.717) is 19.1 Å². The molecule has 176 valence electrons. The van der Waals surface area contributed by atoms with E-state index in [-0.39, 0.29) is 5.41 Å². The number of pyridine rings is 1. The van der Waals surface area contributed by atoms with Crippen molar-refractivity contribution in [1.82, 2.24) is 9.88 Å². The van der Waals surface area contributed by atoms with Gasteiger partial charge < -0.3 is 24.4 Å². The fourth-order valence-electron chi connectivity index (χ4n) is 5.17. The standard InChI is InChI=1S/C26H39N3O3/c1-18-15-21-24(26(18,2)3)25(27-9-14-30-4)19-16-22(31-5)23(17-20(19)28-21)32-13-8-12-29-10-6-7-11-29/h16-18H,6-15H2,1-5H3,(H,27,28). The van der Waals surface area contributed by atoms with Gasteiger partial charge in [0.15, 0.2) is 11.5 Å². The number of benzene rings is 1. The molecule has 1 atom stereocenters. The van der Waals surface area contributed by atoms with Gasteiger partial charge in [-0.25, -0.2) is 0 Å². The molecule has 0 saturated carbocycles. The molecule has 1 aromatic heterocycles. The number of rotatable bonds is 10. The zero-order valence-electron chi connectivity index (χ0n) is 20.4. The van der Waals surface area contributed by atoms with Gasteiger partial charge >= 0.3 is 0 Å². The van der Waals surface area contributed by atoms with Crippen molar-refractivity contribution in [3.63, 3.8) is 0 Å². The van der Waals surface area contributed by atoms with Crippen LogP contribution >= 0.6 is 0 Å². The van der Waals surface area contributed by atoms with Gasteiger partial charge in [-0.15, -0.1) is 0 Å². The van der Waals surface area contributed by atoms with Crippen LogP contribution in [0.1, 0.15) is 51.3 Å². The second-order valence-corrected chi connectivity index (χ2v) is 9.83. The lowest BCUT2D eigenvalue weighted by Gasteiger charge is -2.28. The van der Waals surface area contributed by atoms with Crippen LogP contribution in [0, 0.1) is 5.92 Å². The highest BCUT2D eigenvalue weighted by Crippen LogP contribution is 2.49. The third-order valence-electron chi connectivity index (χ3n) is 7.40. The van der Waals surface area contributed by atoms with Crippen LogP contribution < -0.4 is 14.8 Å². The van der Waals surface area contributed by atoms with E-state index in [1.165, 1.54) is 37.2 Å². The molecule has 32 heavy (non-hydrogen) atoms. The van der Waals surface area contributed by atoms with Crippen molar-refractivity contribution in [3.05, 3.63) is 23.4 Å². The van der Waals surface area contributed by atoms with Crippen LogP contribution in [0.15, 0.2) is 12.1 Å². The van der Waals surface area contributed by atoms with E-state index in [0.717, 1.165) is 54.0 Å². The Labute approximate surface area is 192 Å². The maximum absolute atomic E-state index is 6.18. The van der Waals surface area contributed by atoms with Gasteiger partial charge in [0.2, 0.25) is 0 Å². The number of nitrogens with one attached hydrogen (secondary N) is 1. The van der Waals surface area contributed by atoms with Crippen LogP contribution in [-0.2, 0) is 16.6 Å². The van der Waals surface area contributed by atoms with Gasteiger partial charge in [0.05, 0.1) is 25.8 Å². The Morgan fingerprint density at radius 2 is 1.91 bits per heavy atom. The summed E-state index contributed by atoms with van der Waals surface area (Å²) in [5, 5.41) is 4.74. The van der Waals surface area contributed by atoms with E-state index in [2.05, 4.69) is 43.1 Å². The van der Waals surface area contributed by atoms with Gasteiger partial charge in [0.25, 0.3) is 0 Å². The topological polar surface area (TPSA) is 55.8 Å². The lowest BCUT2D eigenvalue weighted by molar-refractivity contribution is 0.210. The van der Waals surface area contributed by atoms with Crippen LogP contribution in [-0.4, -0.2) is 63.5 Å². The number of aromatic nitrogens is 1. The number of nitrogens with zero attached hydrogens (tertiary/aromatic N) is 2. The highest BCUT2D eigenvalue weighted by atomic mass is 16.5. The molecule has 2 heterocycles. The number of ether oxygens (including phenoxy) is 3. The molecule has 0 bridgehead atoms. The first kappa shape index (κ1) is 23.1.